The summed E-state index contributed by atoms with van der Waals surface area (Å²) in [7, 11) is -1.75. The molecule has 0 saturated carbocycles. The average Bonchev–Trinajstić information content (AvgIpc) is 2.82. The zero-order valence-corrected chi connectivity index (χ0v) is 12.6. The largest absolute Gasteiger partial charge is 0.478 e. The number of oxime groups is 1. The van der Waals surface area contributed by atoms with E-state index in [4.69, 9.17) is 25.7 Å². The Morgan fingerprint density at radius 2 is 2.18 bits per heavy atom. The number of nitrogens with one attached hydrogen (secondary N) is 1. The zero-order valence-electron chi connectivity index (χ0n) is 11.8. The van der Waals surface area contributed by atoms with E-state index in [9.17, 15) is 9.59 Å². The predicted molar refractivity (Wildman–Crippen MR) is 79.1 cm³/mol. The molecule has 0 atom stereocenters. The summed E-state index contributed by atoms with van der Waals surface area (Å²) in [6, 6.07) is 0. The van der Waals surface area contributed by atoms with Crippen LogP contribution in [-0.2, 0) is 14.4 Å². The number of nitrogens with zero attached hydrogens (tertiary/aromatic N) is 2. The van der Waals surface area contributed by atoms with Crippen LogP contribution in [-0.4, -0.2) is 56.9 Å². The van der Waals surface area contributed by atoms with Crippen LogP contribution in [0.25, 0.3) is 0 Å². The Morgan fingerprint density at radius 3 is 2.64 bits per heavy atom. The molecule has 0 aromatic carbocycles. The van der Waals surface area contributed by atoms with Gasteiger partial charge >= 0.3 is 13.1 Å². The Balaban J connectivity index is 3.01. The highest BCUT2D eigenvalue weighted by Crippen LogP contribution is 2.15. The van der Waals surface area contributed by atoms with Gasteiger partial charge in [0.15, 0.2) is 10.8 Å². The van der Waals surface area contributed by atoms with Gasteiger partial charge in [0.1, 0.15) is 5.69 Å². The molecule has 0 spiro atoms. The quantitative estimate of drug-likeness (QED) is 0.227. The summed E-state index contributed by atoms with van der Waals surface area (Å²) in [4.78, 5) is 31.7. The molecule has 22 heavy (non-hydrogen) atoms. The standard InChI is InChI=1S/C10H15BN4O6S/c1-10(2,8(17)18)21-15-6(5-3-22-9(12)14-5)7(16)13-4-11(19)20/h3,19-20H,4H2,1-2H3,(H2,12,14)(H,13,16)(H,17,18)/b15-6-. The predicted octanol–water partition coefficient (Wildman–Crippen LogP) is -1.56. The van der Waals surface area contributed by atoms with Crippen molar-refractivity contribution in [1.82, 2.24) is 10.3 Å². The number of anilines is 1. The Morgan fingerprint density at radius 1 is 1.55 bits per heavy atom. The highest BCUT2D eigenvalue weighted by molar-refractivity contribution is 7.13. The van der Waals surface area contributed by atoms with Crippen molar-refractivity contribution >= 4 is 41.2 Å². The van der Waals surface area contributed by atoms with Gasteiger partial charge < -0.3 is 31.0 Å². The Kier molecular flexibility index (Phi) is 5.85. The molecule has 0 fully saturated rings. The molecular formula is C10H15BN4O6S. The molecule has 10 nitrogen and oxygen atoms in total. The number of carboxylic acids is 1. The molecule has 0 aliphatic heterocycles. The molecule has 0 unspecified atom stereocenters. The second kappa shape index (κ2) is 7.20. The fraction of sp³-hybridized carbons (Fsp3) is 0.400. The maximum absolute atomic E-state index is 12.0. The van der Waals surface area contributed by atoms with Gasteiger partial charge in [-0.15, -0.1) is 11.3 Å². The summed E-state index contributed by atoms with van der Waals surface area (Å²) >= 11 is 1.05. The van der Waals surface area contributed by atoms with E-state index < -0.39 is 31.0 Å². The molecule has 0 aliphatic rings. The Hall–Kier alpha value is -2.18. The number of thiazole rings is 1. The maximum atomic E-state index is 12.0. The number of carbonyl (C=O) groups is 2. The van der Waals surface area contributed by atoms with Gasteiger partial charge in [0.25, 0.3) is 5.91 Å². The number of aromatic nitrogens is 1. The fourth-order valence-corrected chi connectivity index (χ4v) is 1.62. The van der Waals surface area contributed by atoms with Gasteiger partial charge in [-0.1, -0.05) is 5.16 Å². The van der Waals surface area contributed by atoms with Crippen molar-refractivity contribution in [3.05, 3.63) is 11.1 Å². The summed E-state index contributed by atoms with van der Waals surface area (Å²) in [6.45, 7) is 2.50. The molecular weight excluding hydrogens is 315 g/mol. The number of aliphatic carboxylic acids is 1. The van der Waals surface area contributed by atoms with Gasteiger partial charge in [-0.25, -0.2) is 9.78 Å². The average molecular weight is 330 g/mol. The number of hydrogen-bond donors (Lipinski definition) is 5. The van der Waals surface area contributed by atoms with Crippen LogP contribution in [0.15, 0.2) is 10.5 Å². The highest BCUT2D eigenvalue weighted by Gasteiger charge is 2.31. The van der Waals surface area contributed by atoms with E-state index in [1.807, 2.05) is 0 Å². The smallest absolute Gasteiger partial charge is 0.472 e. The van der Waals surface area contributed by atoms with Crippen molar-refractivity contribution in [2.75, 3.05) is 12.2 Å². The van der Waals surface area contributed by atoms with Crippen LogP contribution in [0, 0.1) is 0 Å². The number of amides is 1. The zero-order chi connectivity index (χ0) is 16.9. The second-order valence-corrected chi connectivity index (χ2v) is 5.50. The molecule has 12 heteroatoms. The van der Waals surface area contributed by atoms with Crippen molar-refractivity contribution < 1.29 is 29.6 Å². The lowest BCUT2D eigenvalue weighted by Crippen LogP contribution is -2.40. The first-order chi connectivity index (χ1) is 10.1. The number of nitrogen functional groups attached to an aromatic ring is 1. The summed E-state index contributed by atoms with van der Waals surface area (Å²) in [5.41, 5.74) is 3.56. The number of carbonyl (C=O) groups excluding carboxylic acids is 1. The number of nitrogens with two attached hydrogens (primary N) is 1. The molecule has 6 N–H and O–H groups in total. The number of carboxylic acid groups (broad SMARTS) is 1. The van der Waals surface area contributed by atoms with Crippen LogP contribution >= 0.6 is 11.3 Å². The van der Waals surface area contributed by atoms with Crippen LogP contribution in [0.3, 0.4) is 0 Å². The molecule has 1 heterocycles. The lowest BCUT2D eigenvalue weighted by molar-refractivity contribution is -0.161. The first kappa shape index (κ1) is 17.9. The Bertz CT molecular complexity index is 588. The first-order valence-electron chi connectivity index (χ1n) is 5.98. The molecule has 1 aromatic heterocycles. The van der Waals surface area contributed by atoms with E-state index in [0.717, 1.165) is 11.3 Å². The Labute approximate surface area is 129 Å². The molecule has 1 amide bonds. The topological polar surface area (TPSA) is 167 Å². The number of hydrogen-bond acceptors (Lipinski definition) is 9. The number of rotatable bonds is 7. The normalized spacial score (nSPS) is 11.9. The van der Waals surface area contributed by atoms with Gasteiger partial charge in [0.2, 0.25) is 5.60 Å². The maximum Gasteiger partial charge on any atom is 0.472 e. The molecule has 1 rings (SSSR count). The van der Waals surface area contributed by atoms with Crippen molar-refractivity contribution in [3.8, 4) is 0 Å². The molecule has 120 valence electrons. The third kappa shape index (κ3) is 4.98. The van der Waals surface area contributed by atoms with Crippen molar-refractivity contribution in [1.29, 1.82) is 0 Å². The summed E-state index contributed by atoms with van der Waals surface area (Å²) < 4.78 is 0. The summed E-state index contributed by atoms with van der Waals surface area (Å²) in [5.74, 6) is -2.10. The lowest BCUT2D eigenvalue weighted by atomic mass is 9.92. The van der Waals surface area contributed by atoms with Gasteiger partial charge in [-0.2, -0.15) is 0 Å². The van der Waals surface area contributed by atoms with E-state index in [-0.39, 0.29) is 16.5 Å². The molecule has 0 aliphatic carbocycles. The third-order valence-corrected chi connectivity index (χ3v) is 2.98. The van der Waals surface area contributed by atoms with E-state index in [1.165, 1.54) is 19.2 Å². The monoisotopic (exact) mass is 330 g/mol. The van der Waals surface area contributed by atoms with Crippen molar-refractivity contribution in [3.63, 3.8) is 0 Å². The summed E-state index contributed by atoms with van der Waals surface area (Å²) in [5, 5.41) is 33.8. The second-order valence-electron chi connectivity index (χ2n) is 4.61. The van der Waals surface area contributed by atoms with Gasteiger partial charge in [0, 0.05) is 5.38 Å². The molecule has 0 bridgehead atoms. The highest BCUT2D eigenvalue weighted by atomic mass is 32.1. The summed E-state index contributed by atoms with van der Waals surface area (Å²) in [6.07, 6.45) is -0.445. The van der Waals surface area contributed by atoms with Crippen molar-refractivity contribution in [2.24, 2.45) is 5.16 Å². The van der Waals surface area contributed by atoms with Crippen LogP contribution in [0.2, 0.25) is 0 Å². The van der Waals surface area contributed by atoms with Crippen LogP contribution in [0.5, 0.6) is 0 Å². The fourth-order valence-electron chi connectivity index (χ4n) is 1.07. The van der Waals surface area contributed by atoms with E-state index >= 15 is 0 Å². The molecule has 0 radical (unpaired) electrons. The molecule has 1 aromatic rings. The minimum atomic E-state index is -1.75. The van der Waals surface area contributed by atoms with E-state index in [0.29, 0.717) is 0 Å². The van der Waals surface area contributed by atoms with Crippen LogP contribution in [0.1, 0.15) is 19.5 Å². The minimum absolute atomic E-state index is 0.0774. The van der Waals surface area contributed by atoms with E-state index in [1.54, 1.807) is 0 Å². The molecule has 0 saturated heterocycles. The first-order valence-corrected chi connectivity index (χ1v) is 6.86. The van der Waals surface area contributed by atoms with Crippen LogP contribution < -0.4 is 11.1 Å². The third-order valence-electron chi connectivity index (χ3n) is 2.31. The SMILES string of the molecule is CC(C)(O/N=C(\C(=O)NCB(O)O)c1csc(N)n1)C(=O)O. The lowest BCUT2D eigenvalue weighted by Gasteiger charge is -2.17. The van der Waals surface area contributed by atoms with Gasteiger partial charge in [-0.3, -0.25) is 4.79 Å². The van der Waals surface area contributed by atoms with Gasteiger partial charge in [0.05, 0.1) is 6.44 Å². The van der Waals surface area contributed by atoms with Gasteiger partial charge in [-0.05, 0) is 13.8 Å². The van der Waals surface area contributed by atoms with Crippen molar-refractivity contribution in [2.45, 2.75) is 19.4 Å². The van der Waals surface area contributed by atoms with E-state index in [2.05, 4.69) is 15.5 Å². The van der Waals surface area contributed by atoms with Crippen LogP contribution in [0.4, 0.5) is 5.13 Å². The minimum Gasteiger partial charge on any atom is -0.478 e.